The highest BCUT2D eigenvalue weighted by atomic mass is 19.2. The highest BCUT2D eigenvalue weighted by molar-refractivity contribution is 6.15. The summed E-state index contributed by atoms with van der Waals surface area (Å²) in [5, 5.41) is 4.25. The highest BCUT2D eigenvalue weighted by Crippen LogP contribution is 2.58. The summed E-state index contributed by atoms with van der Waals surface area (Å²) in [7, 11) is 0. The first-order valence-electron chi connectivity index (χ1n) is 15.9. The maximum absolute atomic E-state index is 15.5. The van der Waals surface area contributed by atoms with E-state index in [9.17, 15) is 0 Å². The molecule has 0 unspecified atom stereocenters. The molecule has 0 saturated carbocycles. The van der Waals surface area contributed by atoms with Crippen LogP contribution >= 0.6 is 0 Å². The molecule has 2 heteroatoms. The third-order valence-corrected chi connectivity index (χ3v) is 9.89. The van der Waals surface area contributed by atoms with Crippen LogP contribution in [0.2, 0.25) is 0 Å². The third kappa shape index (κ3) is 3.98. The molecule has 0 N–H and O–H groups in total. The van der Waals surface area contributed by atoms with Crippen LogP contribution in [0.5, 0.6) is 0 Å². The molecule has 8 aromatic carbocycles. The van der Waals surface area contributed by atoms with E-state index in [0.29, 0.717) is 11.1 Å². The van der Waals surface area contributed by atoms with Gasteiger partial charge in [-0.15, -0.1) is 0 Å². The van der Waals surface area contributed by atoms with Crippen LogP contribution in [0.15, 0.2) is 170 Å². The normalized spacial score (nSPS) is 13.1. The summed E-state index contributed by atoms with van der Waals surface area (Å²) in [6.07, 6.45) is 0. The molecule has 9 rings (SSSR count). The zero-order valence-electron chi connectivity index (χ0n) is 25.4. The predicted molar refractivity (Wildman–Crippen MR) is 190 cm³/mol. The Hall–Kier alpha value is -5.86. The Morgan fingerprint density at radius 3 is 1.55 bits per heavy atom. The minimum absolute atomic E-state index is 0.598. The van der Waals surface area contributed by atoms with Crippen LogP contribution in [0.4, 0.5) is 8.78 Å². The van der Waals surface area contributed by atoms with Gasteiger partial charge in [-0.25, -0.2) is 8.78 Å². The van der Waals surface area contributed by atoms with Crippen molar-refractivity contribution in [3.63, 3.8) is 0 Å². The van der Waals surface area contributed by atoms with Gasteiger partial charge in [0.1, 0.15) is 0 Å². The molecule has 8 aromatic rings. The second-order valence-electron chi connectivity index (χ2n) is 12.3. The van der Waals surface area contributed by atoms with Gasteiger partial charge >= 0.3 is 0 Å². The SMILES string of the molecule is Fc1cc(-c2cccc3c2-c2ccccc2C3(c2ccccc2)c2ccccc2)c(-c2cc3ccccc3c3ccccc23)cc1F. The summed E-state index contributed by atoms with van der Waals surface area (Å²) < 4.78 is 30.9. The van der Waals surface area contributed by atoms with Crippen LogP contribution in [0, 0.1) is 11.6 Å². The van der Waals surface area contributed by atoms with E-state index < -0.39 is 17.0 Å². The molecule has 0 radical (unpaired) electrons. The van der Waals surface area contributed by atoms with Crippen LogP contribution in [-0.2, 0) is 5.41 Å². The van der Waals surface area contributed by atoms with Crippen molar-refractivity contribution < 1.29 is 8.78 Å². The lowest BCUT2D eigenvalue weighted by Crippen LogP contribution is -2.28. The van der Waals surface area contributed by atoms with Crippen molar-refractivity contribution in [1.29, 1.82) is 0 Å². The molecular formula is C45H28F2. The van der Waals surface area contributed by atoms with Crippen molar-refractivity contribution in [2.45, 2.75) is 5.41 Å². The van der Waals surface area contributed by atoms with Crippen molar-refractivity contribution in [2.75, 3.05) is 0 Å². The highest BCUT2D eigenvalue weighted by Gasteiger charge is 2.46. The van der Waals surface area contributed by atoms with Crippen LogP contribution in [0.1, 0.15) is 22.3 Å². The molecule has 1 aliphatic carbocycles. The van der Waals surface area contributed by atoms with Crippen molar-refractivity contribution in [1.82, 2.24) is 0 Å². The largest absolute Gasteiger partial charge is 0.204 e. The summed E-state index contributed by atoms with van der Waals surface area (Å²) in [5.41, 5.74) is 9.18. The lowest BCUT2D eigenvalue weighted by Gasteiger charge is -2.34. The zero-order valence-corrected chi connectivity index (χ0v) is 25.4. The van der Waals surface area contributed by atoms with Crippen molar-refractivity contribution in [2.24, 2.45) is 0 Å². The third-order valence-electron chi connectivity index (χ3n) is 9.89. The van der Waals surface area contributed by atoms with Crippen LogP contribution < -0.4 is 0 Å². The van der Waals surface area contributed by atoms with E-state index in [1.165, 1.54) is 17.7 Å². The maximum Gasteiger partial charge on any atom is 0.159 e. The molecule has 0 aromatic heterocycles. The van der Waals surface area contributed by atoms with Crippen molar-refractivity contribution >= 4 is 21.5 Å². The molecule has 0 spiro atoms. The Balaban J connectivity index is 1.41. The van der Waals surface area contributed by atoms with E-state index in [0.717, 1.165) is 60.5 Å². The van der Waals surface area contributed by atoms with Crippen molar-refractivity contribution in [3.05, 3.63) is 204 Å². The second-order valence-corrected chi connectivity index (χ2v) is 12.3. The average molecular weight is 607 g/mol. The van der Waals surface area contributed by atoms with Crippen LogP contribution in [0.25, 0.3) is 54.9 Å². The van der Waals surface area contributed by atoms with E-state index in [4.69, 9.17) is 0 Å². The first-order chi connectivity index (χ1) is 23.2. The molecule has 47 heavy (non-hydrogen) atoms. The second kappa shape index (κ2) is 10.6. The summed E-state index contributed by atoms with van der Waals surface area (Å²) in [6.45, 7) is 0. The minimum Gasteiger partial charge on any atom is -0.204 e. The first kappa shape index (κ1) is 27.5. The van der Waals surface area contributed by atoms with E-state index in [-0.39, 0.29) is 0 Å². The molecule has 0 aliphatic heterocycles. The standard InChI is InChI=1S/C45H28F2/c46-42-27-38(39(28-43(42)47)37-26-29-14-7-8-19-32(29)33-20-9-10-21-34(33)37)35-23-13-25-41-44(35)36-22-11-12-24-40(36)45(41,30-15-3-1-4-16-30)31-17-5-2-6-18-31/h1-28H. The number of benzene rings is 8. The van der Waals surface area contributed by atoms with Gasteiger partial charge in [0, 0.05) is 0 Å². The van der Waals surface area contributed by atoms with Crippen LogP contribution in [0.3, 0.4) is 0 Å². The number of rotatable bonds is 4. The summed E-state index contributed by atoms with van der Waals surface area (Å²) >= 11 is 0. The molecule has 0 fully saturated rings. The first-order valence-corrected chi connectivity index (χ1v) is 15.9. The Kier molecular flexibility index (Phi) is 6.20. The summed E-state index contributed by atoms with van der Waals surface area (Å²) in [6, 6.07) is 57.4. The van der Waals surface area contributed by atoms with Gasteiger partial charge in [-0.1, -0.05) is 152 Å². The van der Waals surface area contributed by atoms with Crippen molar-refractivity contribution in [3.8, 4) is 33.4 Å². The fourth-order valence-corrected chi connectivity index (χ4v) is 7.99. The average Bonchev–Trinajstić information content (AvgIpc) is 3.44. The molecule has 0 nitrogen and oxygen atoms in total. The molecule has 0 amide bonds. The van der Waals surface area contributed by atoms with Gasteiger partial charge in [-0.3, -0.25) is 0 Å². The number of hydrogen-bond donors (Lipinski definition) is 0. The Bertz CT molecular complexity index is 2440. The number of halogens is 2. The maximum atomic E-state index is 15.5. The predicted octanol–water partition coefficient (Wildman–Crippen LogP) is 12.0. The van der Waals surface area contributed by atoms with Gasteiger partial charge in [0.2, 0.25) is 0 Å². The molecule has 222 valence electrons. The van der Waals surface area contributed by atoms with E-state index in [1.807, 2.05) is 36.4 Å². The van der Waals surface area contributed by atoms with E-state index in [2.05, 4.69) is 121 Å². The number of hydrogen-bond acceptors (Lipinski definition) is 0. The number of fused-ring (bicyclic) bond motifs is 6. The molecule has 1 aliphatic rings. The topological polar surface area (TPSA) is 0 Å². The lowest BCUT2D eigenvalue weighted by molar-refractivity contribution is 0.509. The van der Waals surface area contributed by atoms with Gasteiger partial charge < -0.3 is 0 Å². The van der Waals surface area contributed by atoms with Crippen LogP contribution in [-0.4, -0.2) is 0 Å². The van der Waals surface area contributed by atoms with E-state index in [1.54, 1.807) is 0 Å². The molecular weight excluding hydrogens is 578 g/mol. The van der Waals surface area contributed by atoms with E-state index >= 15 is 8.78 Å². The fraction of sp³-hybridized carbons (Fsp3) is 0.0222. The van der Waals surface area contributed by atoms with Gasteiger partial charge in [0.15, 0.2) is 11.6 Å². The monoisotopic (exact) mass is 606 g/mol. The zero-order chi connectivity index (χ0) is 31.5. The van der Waals surface area contributed by atoms with Gasteiger partial charge in [0.25, 0.3) is 0 Å². The fourth-order valence-electron chi connectivity index (χ4n) is 7.99. The van der Waals surface area contributed by atoms with Gasteiger partial charge in [-0.2, -0.15) is 0 Å². The Morgan fingerprint density at radius 1 is 0.340 bits per heavy atom. The smallest absolute Gasteiger partial charge is 0.159 e. The molecule has 0 atom stereocenters. The molecule has 0 saturated heterocycles. The lowest BCUT2D eigenvalue weighted by atomic mass is 9.67. The Morgan fingerprint density at radius 2 is 0.851 bits per heavy atom. The summed E-state index contributed by atoms with van der Waals surface area (Å²) in [5.74, 6) is -1.73. The molecule has 0 heterocycles. The van der Waals surface area contributed by atoms with Gasteiger partial charge in [-0.05, 0) is 95.4 Å². The molecule has 0 bridgehead atoms. The summed E-state index contributed by atoms with van der Waals surface area (Å²) in [4.78, 5) is 0. The van der Waals surface area contributed by atoms with Gasteiger partial charge in [0.05, 0.1) is 5.41 Å². The quantitative estimate of drug-likeness (QED) is 0.175. The Labute approximate surface area is 272 Å². The minimum atomic E-state index is -0.866.